The highest BCUT2D eigenvalue weighted by molar-refractivity contribution is 9.10. The van der Waals surface area contributed by atoms with Crippen LogP contribution in [0.5, 0.6) is 0 Å². The maximum absolute atomic E-state index is 11.9. The number of amides is 1. The van der Waals surface area contributed by atoms with Crippen LogP contribution in [0.1, 0.15) is 19.4 Å². The first-order chi connectivity index (χ1) is 8.58. The van der Waals surface area contributed by atoms with Gasteiger partial charge in [0.25, 0.3) is 0 Å². The molecule has 0 saturated carbocycles. The van der Waals surface area contributed by atoms with E-state index in [1.165, 1.54) is 0 Å². The maximum Gasteiger partial charge on any atom is 0.228 e. The lowest BCUT2D eigenvalue weighted by atomic mass is 10.1. The highest BCUT2D eigenvalue weighted by Gasteiger charge is 2.14. The van der Waals surface area contributed by atoms with E-state index in [0.29, 0.717) is 17.8 Å². The van der Waals surface area contributed by atoms with Gasteiger partial charge in [0, 0.05) is 16.9 Å². The van der Waals surface area contributed by atoms with Crippen LogP contribution in [0.25, 0.3) is 0 Å². The summed E-state index contributed by atoms with van der Waals surface area (Å²) in [5.74, 6) is -0.235. The average molecular weight is 310 g/mol. The summed E-state index contributed by atoms with van der Waals surface area (Å²) in [4.78, 5) is 11.9. The van der Waals surface area contributed by atoms with E-state index in [1.54, 1.807) is 18.2 Å². The Bertz CT molecular complexity index is 468. The van der Waals surface area contributed by atoms with Gasteiger partial charge in [0.05, 0.1) is 11.3 Å². The van der Waals surface area contributed by atoms with Gasteiger partial charge in [-0.15, -0.1) is 0 Å². The van der Waals surface area contributed by atoms with Gasteiger partial charge >= 0.3 is 0 Å². The van der Waals surface area contributed by atoms with Crippen molar-refractivity contribution in [2.24, 2.45) is 5.92 Å². The average Bonchev–Trinajstić information content (AvgIpc) is 2.36. The lowest BCUT2D eigenvalue weighted by Gasteiger charge is -2.13. The Labute approximate surface area is 116 Å². The molecule has 0 spiro atoms. The number of hydrogen-bond donors (Lipinski definition) is 2. The number of benzene rings is 1. The Morgan fingerprint density at radius 2 is 2.28 bits per heavy atom. The molecule has 4 nitrogen and oxygen atoms in total. The molecule has 0 aliphatic heterocycles. The molecule has 1 amide bonds. The molecule has 0 aliphatic rings. The minimum atomic E-state index is -0.143. The van der Waals surface area contributed by atoms with E-state index in [9.17, 15) is 4.79 Å². The van der Waals surface area contributed by atoms with E-state index in [4.69, 9.17) is 5.26 Å². The summed E-state index contributed by atoms with van der Waals surface area (Å²) in [5, 5.41) is 14.9. The molecule has 0 saturated heterocycles. The van der Waals surface area contributed by atoms with Crippen LogP contribution in [0, 0.1) is 17.2 Å². The molecule has 0 bridgehead atoms. The standard InChI is InChI=1S/C13H16BrN3O/c1-3-16-8-9(2)13(18)17-12-6-11(14)5-4-10(12)7-15/h4-6,9,16H,3,8H2,1-2H3,(H,17,18). The van der Waals surface area contributed by atoms with Crippen LogP contribution in [0.2, 0.25) is 0 Å². The number of carbonyl (C=O) groups is 1. The number of hydrogen-bond acceptors (Lipinski definition) is 3. The first-order valence-corrected chi connectivity index (χ1v) is 6.59. The summed E-state index contributed by atoms with van der Waals surface area (Å²) < 4.78 is 0.830. The Balaban J connectivity index is 2.75. The zero-order valence-electron chi connectivity index (χ0n) is 10.5. The first kappa shape index (κ1) is 14.7. The fraction of sp³-hybridized carbons (Fsp3) is 0.385. The van der Waals surface area contributed by atoms with Crippen molar-refractivity contribution in [1.82, 2.24) is 5.32 Å². The fourth-order valence-corrected chi connectivity index (χ4v) is 1.79. The topological polar surface area (TPSA) is 64.9 Å². The number of rotatable bonds is 5. The molecule has 96 valence electrons. The lowest BCUT2D eigenvalue weighted by molar-refractivity contribution is -0.119. The third kappa shape index (κ3) is 4.13. The smallest absolute Gasteiger partial charge is 0.228 e. The van der Waals surface area contributed by atoms with Crippen LogP contribution >= 0.6 is 15.9 Å². The lowest BCUT2D eigenvalue weighted by Crippen LogP contribution is -2.30. The second-order valence-corrected chi connectivity index (χ2v) is 4.92. The van der Waals surface area contributed by atoms with Crippen molar-refractivity contribution in [2.45, 2.75) is 13.8 Å². The van der Waals surface area contributed by atoms with Crippen molar-refractivity contribution in [3.63, 3.8) is 0 Å². The van der Waals surface area contributed by atoms with Crippen molar-refractivity contribution in [3.05, 3.63) is 28.2 Å². The van der Waals surface area contributed by atoms with Crippen LogP contribution < -0.4 is 10.6 Å². The second-order valence-electron chi connectivity index (χ2n) is 4.00. The Morgan fingerprint density at radius 3 is 2.89 bits per heavy atom. The molecule has 1 rings (SSSR count). The van der Waals surface area contributed by atoms with Gasteiger partial charge in [-0.25, -0.2) is 0 Å². The number of nitrogens with one attached hydrogen (secondary N) is 2. The quantitative estimate of drug-likeness (QED) is 0.878. The summed E-state index contributed by atoms with van der Waals surface area (Å²) in [5.41, 5.74) is 1.00. The molecule has 0 fully saturated rings. The largest absolute Gasteiger partial charge is 0.325 e. The molecule has 1 atom stereocenters. The van der Waals surface area contributed by atoms with Crippen LogP contribution in [0.3, 0.4) is 0 Å². The van der Waals surface area contributed by atoms with Crippen LogP contribution in [-0.4, -0.2) is 19.0 Å². The molecule has 1 aromatic rings. The fourth-order valence-electron chi connectivity index (χ4n) is 1.43. The van der Waals surface area contributed by atoms with Crippen molar-refractivity contribution in [3.8, 4) is 6.07 Å². The zero-order chi connectivity index (χ0) is 13.5. The van der Waals surface area contributed by atoms with Crippen molar-refractivity contribution in [2.75, 3.05) is 18.4 Å². The van der Waals surface area contributed by atoms with E-state index in [1.807, 2.05) is 13.8 Å². The van der Waals surface area contributed by atoms with Gasteiger partial charge < -0.3 is 10.6 Å². The van der Waals surface area contributed by atoms with Gasteiger partial charge in [-0.2, -0.15) is 5.26 Å². The monoisotopic (exact) mass is 309 g/mol. The molecule has 18 heavy (non-hydrogen) atoms. The summed E-state index contributed by atoms with van der Waals surface area (Å²) in [6.45, 7) is 5.30. The van der Waals surface area contributed by atoms with Crippen molar-refractivity contribution < 1.29 is 4.79 Å². The van der Waals surface area contributed by atoms with Crippen molar-refractivity contribution >= 4 is 27.5 Å². The van der Waals surface area contributed by atoms with Gasteiger partial charge in [0.15, 0.2) is 0 Å². The zero-order valence-corrected chi connectivity index (χ0v) is 12.0. The Morgan fingerprint density at radius 1 is 1.56 bits per heavy atom. The van der Waals surface area contributed by atoms with E-state index in [0.717, 1.165) is 11.0 Å². The second kappa shape index (κ2) is 7.14. The molecule has 5 heteroatoms. The summed E-state index contributed by atoms with van der Waals surface area (Å²) in [6.07, 6.45) is 0. The van der Waals surface area contributed by atoms with Gasteiger partial charge in [-0.1, -0.05) is 29.8 Å². The van der Waals surface area contributed by atoms with Crippen LogP contribution in [0.4, 0.5) is 5.69 Å². The number of halogens is 1. The van der Waals surface area contributed by atoms with E-state index < -0.39 is 0 Å². The van der Waals surface area contributed by atoms with Gasteiger partial charge in [-0.05, 0) is 24.7 Å². The highest BCUT2D eigenvalue weighted by atomic mass is 79.9. The molecule has 0 aliphatic carbocycles. The Kier molecular flexibility index (Phi) is 5.83. The van der Waals surface area contributed by atoms with Crippen LogP contribution in [-0.2, 0) is 4.79 Å². The van der Waals surface area contributed by atoms with E-state index in [-0.39, 0.29) is 11.8 Å². The third-order valence-electron chi connectivity index (χ3n) is 2.51. The first-order valence-electron chi connectivity index (χ1n) is 5.79. The number of nitriles is 1. The molecule has 1 unspecified atom stereocenters. The predicted octanol–water partition coefficient (Wildman–Crippen LogP) is 2.50. The molecule has 1 aromatic carbocycles. The molecule has 0 radical (unpaired) electrons. The Hall–Kier alpha value is -1.38. The molecular formula is C13H16BrN3O. The van der Waals surface area contributed by atoms with E-state index >= 15 is 0 Å². The van der Waals surface area contributed by atoms with E-state index in [2.05, 4.69) is 32.6 Å². The summed E-state index contributed by atoms with van der Waals surface area (Å²) in [6, 6.07) is 7.24. The van der Waals surface area contributed by atoms with Gasteiger partial charge in [-0.3, -0.25) is 4.79 Å². The van der Waals surface area contributed by atoms with Gasteiger partial charge in [0.1, 0.15) is 6.07 Å². The molecular weight excluding hydrogens is 294 g/mol. The molecule has 2 N–H and O–H groups in total. The SMILES string of the molecule is CCNCC(C)C(=O)Nc1cc(Br)ccc1C#N. The maximum atomic E-state index is 11.9. The summed E-state index contributed by atoms with van der Waals surface area (Å²) >= 11 is 3.32. The minimum absolute atomic E-state index is 0.0921. The normalized spacial score (nSPS) is 11.7. The van der Waals surface area contributed by atoms with Gasteiger partial charge in [0.2, 0.25) is 5.91 Å². The number of carbonyl (C=O) groups excluding carboxylic acids is 1. The minimum Gasteiger partial charge on any atom is -0.325 e. The molecule has 0 aromatic heterocycles. The number of anilines is 1. The van der Waals surface area contributed by atoms with Crippen LogP contribution in [0.15, 0.2) is 22.7 Å². The number of nitrogens with zero attached hydrogens (tertiary/aromatic N) is 1. The highest BCUT2D eigenvalue weighted by Crippen LogP contribution is 2.21. The summed E-state index contributed by atoms with van der Waals surface area (Å²) in [7, 11) is 0. The molecule has 0 heterocycles. The third-order valence-corrected chi connectivity index (χ3v) is 3.00. The predicted molar refractivity (Wildman–Crippen MR) is 75.2 cm³/mol. The van der Waals surface area contributed by atoms with Crippen molar-refractivity contribution in [1.29, 1.82) is 5.26 Å².